The highest BCUT2D eigenvalue weighted by atomic mass is 19.4. The Kier molecular flexibility index (Phi) is 10.2. The lowest BCUT2D eigenvalue weighted by atomic mass is 9.81. The summed E-state index contributed by atoms with van der Waals surface area (Å²) in [5, 5.41) is 32.3. The highest BCUT2D eigenvalue weighted by Crippen LogP contribution is 2.31. The zero-order valence-corrected chi connectivity index (χ0v) is 17.4. The molecule has 0 fully saturated rings. The van der Waals surface area contributed by atoms with E-state index in [9.17, 15) is 27.5 Å². The lowest BCUT2D eigenvalue weighted by Crippen LogP contribution is -2.37. The highest BCUT2D eigenvalue weighted by molar-refractivity contribution is 5.71. The number of carbonyl (C=O) groups is 2. The summed E-state index contributed by atoms with van der Waals surface area (Å²) in [6.07, 6.45) is -3.93. The molecule has 0 saturated heterocycles. The molecular weight excluding hydrogens is 438 g/mol. The Labute approximate surface area is 181 Å². The highest BCUT2D eigenvalue weighted by Gasteiger charge is 2.33. The quantitative estimate of drug-likeness (QED) is 0.469. The van der Waals surface area contributed by atoms with Crippen molar-refractivity contribution in [3.05, 3.63) is 41.0 Å². The zero-order valence-electron chi connectivity index (χ0n) is 17.4. The van der Waals surface area contributed by atoms with Gasteiger partial charge in [-0.15, -0.1) is 10.2 Å². The molecular formula is C19H24F4N5O4-. The fourth-order valence-corrected chi connectivity index (χ4v) is 3.02. The Morgan fingerprint density at radius 3 is 2.31 bits per heavy atom. The van der Waals surface area contributed by atoms with Gasteiger partial charge in [0.2, 0.25) is 0 Å². The van der Waals surface area contributed by atoms with Gasteiger partial charge in [0.25, 0.3) is 0 Å². The summed E-state index contributed by atoms with van der Waals surface area (Å²) in [5.41, 5.74) is 6.73. The van der Waals surface area contributed by atoms with Gasteiger partial charge >= 0.3 is 12.1 Å². The number of rotatable bonds is 9. The van der Waals surface area contributed by atoms with E-state index in [-0.39, 0.29) is 11.7 Å². The number of halogens is 4. The third-order valence-corrected chi connectivity index (χ3v) is 4.44. The van der Waals surface area contributed by atoms with E-state index in [2.05, 4.69) is 20.6 Å². The number of nitrogens with two attached hydrogens (primary N) is 1. The van der Waals surface area contributed by atoms with Crippen LogP contribution in [-0.2, 0) is 22.4 Å². The summed E-state index contributed by atoms with van der Waals surface area (Å²) in [7, 11) is 0. The van der Waals surface area contributed by atoms with Gasteiger partial charge in [-0.3, -0.25) is 4.79 Å². The van der Waals surface area contributed by atoms with Crippen LogP contribution >= 0.6 is 0 Å². The van der Waals surface area contributed by atoms with E-state index in [1.54, 1.807) is 12.1 Å². The van der Waals surface area contributed by atoms with Crippen LogP contribution in [0.5, 0.6) is 0 Å². The third kappa shape index (κ3) is 8.57. The molecule has 0 bridgehead atoms. The molecule has 13 heteroatoms. The minimum Gasteiger partial charge on any atom is -0.542 e. The maximum Gasteiger partial charge on any atom is 0.430 e. The molecule has 0 aliphatic carbocycles. The molecule has 0 saturated carbocycles. The monoisotopic (exact) mass is 462 g/mol. The van der Waals surface area contributed by atoms with E-state index in [0.29, 0.717) is 42.8 Å². The first kappa shape index (κ1) is 26.9. The number of carbonyl (C=O) groups excluding carboxylic acids is 1. The Bertz CT molecular complexity index is 875. The number of carboxylic acid groups (broad SMARTS) is 2. The number of tetrazole rings is 1. The maximum absolute atomic E-state index is 14.2. The minimum atomic E-state index is -5.19. The van der Waals surface area contributed by atoms with Gasteiger partial charge in [0, 0.05) is 5.92 Å². The van der Waals surface area contributed by atoms with Crippen molar-refractivity contribution in [2.24, 2.45) is 17.6 Å². The summed E-state index contributed by atoms with van der Waals surface area (Å²) in [5.74, 6) is -4.89. The summed E-state index contributed by atoms with van der Waals surface area (Å²) in [6.45, 7) is 4.30. The first-order valence-electron chi connectivity index (χ1n) is 9.58. The second kappa shape index (κ2) is 12.1. The Morgan fingerprint density at radius 2 is 1.91 bits per heavy atom. The summed E-state index contributed by atoms with van der Waals surface area (Å²) >= 11 is 0. The van der Waals surface area contributed by atoms with Crippen molar-refractivity contribution in [2.45, 2.75) is 45.2 Å². The summed E-state index contributed by atoms with van der Waals surface area (Å²) < 4.78 is 45.7. The molecule has 0 amide bonds. The molecule has 0 aliphatic rings. The van der Waals surface area contributed by atoms with Crippen LogP contribution in [0.4, 0.5) is 17.6 Å². The van der Waals surface area contributed by atoms with Crippen molar-refractivity contribution >= 4 is 11.9 Å². The standard InChI is InChI=1S/C17H24FN5O2.C2HF3O2/c1-10(2)7-14(17(24)25)13(16-20-22-23-21-16)8-11-3-4-12(5-6-19)15(18)9-11;3-2(4,5)1(6)7/h3-4,9-10,13-14H,5-8,19H2,1-2H3,(H,24,25)(H,20,21,22,23);(H,6,7)/p-1/t13-,14-;/m0./s1. The fourth-order valence-electron chi connectivity index (χ4n) is 3.02. The van der Waals surface area contributed by atoms with Crippen molar-refractivity contribution in [1.29, 1.82) is 0 Å². The Hall–Kier alpha value is -3.09. The van der Waals surface area contributed by atoms with Crippen molar-refractivity contribution in [2.75, 3.05) is 6.54 Å². The van der Waals surface area contributed by atoms with Gasteiger partial charge in [-0.25, -0.2) is 4.39 Å². The molecule has 32 heavy (non-hydrogen) atoms. The van der Waals surface area contributed by atoms with Gasteiger partial charge in [0.15, 0.2) is 5.82 Å². The van der Waals surface area contributed by atoms with Crippen LogP contribution in [0.25, 0.3) is 0 Å². The number of hydrogen-bond donors (Lipinski definition) is 3. The lowest BCUT2D eigenvalue weighted by Gasteiger charge is -2.23. The number of aliphatic carboxylic acids is 2. The Balaban J connectivity index is 0.000000633. The molecule has 9 nitrogen and oxygen atoms in total. The fraction of sp³-hybridized carbons (Fsp3) is 0.526. The number of H-pyrrole nitrogens is 1. The summed E-state index contributed by atoms with van der Waals surface area (Å²) in [6, 6.07) is 4.94. The number of nitrogens with zero attached hydrogens (tertiary/aromatic N) is 3. The molecule has 178 valence electrons. The largest absolute Gasteiger partial charge is 0.542 e. The van der Waals surface area contributed by atoms with Crippen LogP contribution in [-0.4, -0.2) is 50.4 Å². The van der Waals surface area contributed by atoms with Gasteiger partial charge in [-0.2, -0.15) is 18.4 Å². The number of nitrogens with one attached hydrogen (secondary N) is 1. The van der Waals surface area contributed by atoms with Crippen molar-refractivity contribution in [1.82, 2.24) is 20.6 Å². The number of aromatic nitrogens is 4. The smallest absolute Gasteiger partial charge is 0.430 e. The van der Waals surface area contributed by atoms with Gasteiger partial charge < -0.3 is 20.7 Å². The van der Waals surface area contributed by atoms with Crippen LogP contribution in [0, 0.1) is 17.7 Å². The molecule has 1 aromatic heterocycles. The molecule has 2 aromatic rings. The topological polar surface area (TPSA) is 158 Å². The third-order valence-electron chi connectivity index (χ3n) is 4.44. The number of carboxylic acids is 2. The second-order valence-corrected chi connectivity index (χ2v) is 7.40. The molecule has 0 radical (unpaired) electrons. The van der Waals surface area contributed by atoms with Crippen molar-refractivity contribution < 1.29 is 37.4 Å². The predicted octanol–water partition coefficient (Wildman–Crippen LogP) is 1.21. The molecule has 0 aliphatic heterocycles. The van der Waals surface area contributed by atoms with E-state index in [1.807, 2.05) is 13.8 Å². The van der Waals surface area contributed by atoms with Gasteiger partial charge in [0.1, 0.15) is 11.8 Å². The molecule has 2 atom stereocenters. The van der Waals surface area contributed by atoms with Crippen LogP contribution < -0.4 is 10.8 Å². The average Bonchev–Trinajstić information content (AvgIpc) is 3.20. The minimum absolute atomic E-state index is 0.194. The molecule has 1 heterocycles. The lowest BCUT2D eigenvalue weighted by molar-refractivity contribution is -0.344. The van der Waals surface area contributed by atoms with Crippen LogP contribution in [0.1, 0.15) is 43.1 Å². The van der Waals surface area contributed by atoms with Crippen LogP contribution in [0.3, 0.4) is 0 Å². The molecule has 2 rings (SSSR count). The predicted molar refractivity (Wildman–Crippen MR) is 101 cm³/mol. The van der Waals surface area contributed by atoms with Gasteiger partial charge in [-0.1, -0.05) is 31.2 Å². The maximum atomic E-state index is 14.2. The normalized spacial score (nSPS) is 13.2. The number of aromatic amines is 1. The number of benzene rings is 1. The number of alkyl halides is 3. The second-order valence-electron chi connectivity index (χ2n) is 7.40. The van der Waals surface area contributed by atoms with E-state index in [4.69, 9.17) is 15.6 Å². The molecule has 4 N–H and O–H groups in total. The van der Waals surface area contributed by atoms with E-state index in [1.165, 1.54) is 6.07 Å². The summed E-state index contributed by atoms with van der Waals surface area (Å²) in [4.78, 5) is 20.6. The first-order valence-corrected chi connectivity index (χ1v) is 9.58. The van der Waals surface area contributed by atoms with E-state index in [0.717, 1.165) is 0 Å². The molecule has 0 spiro atoms. The van der Waals surface area contributed by atoms with E-state index < -0.39 is 30.0 Å². The number of hydrogen-bond acceptors (Lipinski definition) is 7. The zero-order chi connectivity index (χ0) is 24.5. The van der Waals surface area contributed by atoms with Gasteiger partial charge in [-0.05, 0) is 48.9 Å². The van der Waals surface area contributed by atoms with Crippen LogP contribution in [0.2, 0.25) is 0 Å². The average molecular weight is 462 g/mol. The SMILES string of the molecule is CC(C)C[C@H](C(=O)O)[C@H](Cc1ccc(CCN)c(F)c1)c1nn[nH]n1.O=C([O-])C(F)(F)F. The van der Waals surface area contributed by atoms with Crippen molar-refractivity contribution in [3.8, 4) is 0 Å². The molecule has 1 aromatic carbocycles. The van der Waals surface area contributed by atoms with Gasteiger partial charge in [0.05, 0.1) is 5.92 Å². The van der Waals surface area contributed by atoms with Crippen LogP contribution in [0.15, 0.2) is 18.2 Å². The first-order chi connectivity index (χ1) is 14.9. The van der Waals surface area contributed by atoms with Crippen molar-refractivity contribution in [3.63, 3.8) is 0 Å². The van der Waals surface area contributed by atoms with E-state index >= 15 is 0 Å². The Morgan fingerprint density at radius 1 is 1.28 bits per heavy atom. The molecule has 0 unspecified atom stereocenters.